The summed E-state index contributed by atoms with van der Waals surface area (Å²) in [5.41, 5.74) is 2.71. The second kappa shape index (κ2) is 7.72. The number of nitriles is 1. The fraction of sp³-hybridized carbons (Fsp3) is 0.300. The Labute approximate surface area is 160 Å². The Morgan fingerprint density at radius 2 is 2.07 bits per heavy atom. The molecule has 1 aromatic carbocycles. The van der Waals surface area contributed by atoms with Crippen molar-refractivity contribution in [1.29, 1.82) is 5.26 Å². The number of pyridine rings is 1. The van der Waals surface area contributed by atoms with Crippen molar-refractivity contribution in [2.75, 3.05) is 13.1 Å². The first kappa shape index (κ1) is 19.4. The molecular formula is C20H18F2N4O2. The van der Waals surface area contributed by atoms with Crippen molar-refractivity contribution in [2.24, 2.45) is 0 Å². The largest absolute Gasteiger partial charge is 0.343 e. The normalized spacial score (nSPS) is 17.8. The molecule has 6 nitrogen and oxygen atoms in total. The van der Waals surface area contributed by atoms with Crippen molar-refractivity contribution in [3.05, 3.63) is 53.9 Å². The summed E-state index contributed by atoms with van der Waals surface area (Å²) in [6.45, 7) is 0.620. The number of carbonyl (C=O) groups is 2. The van der Waals surface area contributed by atoms with E-state index in [1.54, 1.807) is 12.3 Å². The van der Waals surface area contributed by atoms with Crippen LogP contribution in [0.15, 0.2) is 42.7 Å². The van der Waals surface area contributed by atoms with Gasteiger partial charge in [-0.2, -0.15) is 5.26 Å². The average molecular weight is 384 g/mol. The summed E-state index contributed by atoms with van der Waals surface area (Å²) in [7, 11) is 0. The summed E-state index contributed by atoms with van der Waals surface area (Å²) in [5.74, 6) is -4.33. The van der Waals surface area contributed by atoms with E-state index >= 15 is 0 Å². The smallest absolute Gasteiger partial charge is 0.268 e. The molecule has 2 heterocycles. The molecule has 8 heteroatoms. The third kappa shape index (κ3) is 3.98. The van der Waals surface area contributed by atoms with Crippen LogP contribution in [0.2, 0.25) is 0 Å². The Bertz CT molecular complexity index is 955. The van der Waals surface area contributed by atoms with E-state index < -0.39 is 43.3 Å². The van der Waals surface area contributed by atoms with Gasteiger partial charge in [0.1, 0.15) is 6.04 Å². The number of halogens is 2. The molecule has 0 saturated carbocycles. The van der Waals surface area contributed by atoms with Gasteiger partial charge in [0.25, 0.3) is 11.8 Å². The molecule has 0 radical (unpaired) electrons. The minimum absolute atomic E-state index is 0.320. The van der Waals surface area contributed by atoms with E-state index in [1.165, 1.54) is 12.3 Å². The highest BCUT2D eigenvalue weighted by Crippen LogP contribution is 2.31. The first-order valence-electron chi connectivity index (χ1n) is 8.67. The molecule has 1 atom stereocenters. The first-order valence-corrected chi connectivity index (χ1v) is 8.67. The first-order chi connectivity index (χ1) is 13.3. The molecule has 2 aromatic rings. The predicted octanol–water partition coefficient (Wildman–Crippen LogP) is 2.55. The van der Waals surface area contributed by atoms with Gasteiger partial charge in [-0.1, -0.05) is 24.3 Å². The summed E-state index contributed by atoms with van der Waals surface area (Å²) in [6, 6.07) is 9.54. The number of nitrogens with one attached hydrogen (secondary N) is 1. The number of rotatable bonds is 4. The Morgan fingerprint density at radius 1 is 1.32 bits per heavy atom. The van der Waals surface area contributed by atoms with Crippen LogP contribution in [0.3, 0.4) is 0 Å². The lowest BCUT2D eigenvalue weighted by Crippen LogP contribution is -2.43. The third-order valence-electron chi connectivity index (χ3n) is 4.64. The highest BCUT2D eigenvalue weighted by Gasteiger charge is 2.47. The van der Waals surface area contributed by atoms with E-state index in [-0.39, 0.29) is 0 Å². The molecule has 3 rings (SSSR count). The Morgan fingerprint density at radius 3 is 2.79 bits per heavy atom. The van der Waals surface area contributed by atoms with Gasteiger partial charge in [0.2, 0.25) is 5.91 Å². The van der Waals surface area contributed by atoms with Crippen LogP contribution in [0, 0.1) is 18.3 Å². The molecule has 0 bridgehead atoms. The van der Waals surface area contributed by atoms with Gasteiger partial charge in [0.15, 0.2) is 0 Å². The highest BCUT2D eigenvalue weighted by molar-refractivity contribution is 6.02. The molecule has 1 fully saturated rings. The van der Waals surface area contributed by atoms with Crippen LogP contribution >= 0.6 is 0 Å². The van der Waals surface area contributed by atoms with Gasteiger partial charge in [0.05, 0.1) is 24.7 Å². The molecule has 1 N–H and O–H groups in total. The van der Waals surface area contributed by atoms with Crippen molar-refractivity contribution < 1.29 is 18.4 Å². The fourth-order valence-electron chi connectivity index (χ4n) is 3.23. The van der Waals surface area contributed by atoms with Crippen molar-refractivity contribution >= 4 is 11.8 Å². The SMILES string of the molecule is Cc1ccccc1-c1cnccc1C(=O)NCC(=O)N1CC(F)(F)C[C@H]1C#N. The molecule has 144 valence electrons. The summed E-state index contributed by atoms with van der Waals surface area (Å²) in [4.78, 5) is 29.8. The maximum absolute atomic E-state index is 13.5. The van der Waals surface area contributed by atoms with E-state index in [0.29, 0.717) is 11.1 Å². The van der Waals surface area contributed by atoms with Crippen molar-refractivity contribution in [1.82, 2.24) is 15.2 Å². The Balaban J connectivity index is 1.74. The summed E-state index contributed by atoms with van der Waals surface area (Å²) >= 11 is 0. The number of alkyl halides is 2. The van der Waals surface area contributed by atoms with Crippen LogP contribution in [0.5, 0.6) is 0 Å². The molecule has 2 amide bonds. The number of amides is 2. The second-order valence-corrected chi connectivity index (χ2v) is 6.65. The Hall–Kier alpha value is -3.34. The minimum Gasteiger partial charge on any atom is -0.343 e. The van der Waals surface area contributed by atoms with Gasteiger partial charge in [-0.05, 0) is 24.1 Å². The van der Waals surface area contributed by atoms with Crippen LogP contribution in [-0.4, -0.2) is 46.8 Å². The second-order valence-electron chi connectivity index (χ2n) is 6.65. The van der Waals surface area contributed by atoms with E-state index in [9.17, 15) is 18.4 Å². The third-order valence-corrected chi connectivity index (χ3v) is 4.64. The maximum Gasteiger partial charge on any atom is 0.268 e. The van der Waals surface area contributed by atoms with Crippen molar-refractivity contribution in [2.45, 2.75) is 25.3 Å². The minimum atomic E-state index is -3.09. The average Bonchev–Trinajstić information content (AvgIpc) is 3.01. The molecule has 1 saturated heterocycles. The quantitative estimate of drug-likeness (QED) is 0.878. The zero-order valence-electron chi connectivity index (χ0n) is 15.2. The lowest BCUT2D eigenvalue weighted by molar-refractivity contribution is -0.131. The zero-order chi connectivity index (χ0) is 20.3. The molecule has 1 aliphatic rings. The van der Waals surface area contributed by atoms with E-state index in [2.05, 4.69) is 10.3 Å². The topological polar surface area (TPSA) is 86.1 Å². The van der Waals surface area contributed by atoms with E-state index in [4.69, 9.17) is 5.26 Å². The number of likely N-dealkylation sites (tertiary alicyclic amines) is 1. The van der Waals surface area contributed by atoms with Gasteiger partial charge < -0.3 is 10.2 Å². The van der Waals surface area contributed by atoms with Crippen LogP contribution in [0.1, 0.15) is 22.3 Å². The van der Waals surface area contributed by atoms with Gasteiger partial charge in [0, 0.05) is 24.4 Å². The number of aromatic nitrogens is 1. The molecule has 0 aliphatic carbocycles. The highest BCUT2D eigenvalue weighted by atomic mass is 19.3. The molecule has 1 aromatic heterocycles. The number of hydrogen-bond donors (Lipinski definition) is 1. The lowest BCUT2D eigenvalue weighted by atomic mass is 9.97. The van der Waals surface area contributed by atoms with E-state index in [0.717, 1.165) is 16.0 Å². The number of carbonyl (C=O) groups excluding carboxylic acids is 2. The van der Waals surface area contributed by atoms with Crippen LogP contribution in [-0.2, 0) is 4.79 Å². The lowest BCUT2D eigenvalue weighted by Gasteiger charge is -2.19. The summed E-state index contributed by atoms with van der Waals surface area (Å²) < 4.78 is 27.0. The summed E-state index contributed by atoms with van der Waals surface area (Å²) in [6.07, 6.45) is 2.34. The van der Waals surface area contributed by atoms with Gasteiger partial charge >= 0.3 is 0 Å². The summed E-state index contributed by atoms with van der Waals surface area (Å²) in [5, 5.41) is 11.5. The van der Waals surface area contributed by atoms with Gasteiger partial charge in [-0.25, -0.2) is 8.78 Å². The number of aryl methyl sites for hydroxylation is 1. The van der Waals surface area contributed by atoms with Crippen LogP contribution in [0.25, 0.3) is 11.1 Å². The molecule has 28 heavy (non-hydrogen) atoms. The zero-order valence-corrected chi connectivity index (χ0v) is 15.2. The van der Waals surface area contributed by atoms with Crippen LogP contribution < -0.4 is 5.32 Å². The molecular weight excluding hydrogens is 366 g/mol. The standard InChI is InChI=1S/C20H18F2N4O2/c1-13-4-2-3-5-15(13)17-10-24-7-6-16(17)19(28)25-11-18(27)26-12-20(21,22)8-14(26)9-23/h2-7,10,14H,8,11-12H2,1H3,(H,25,28)/t14-/m0/s1. The predicted molar refractivity (Wildman–Crippen MR) is 97.4 cm³/mol. The van der Waals surface area contributed by atoms with E-state index in [1.807, 2.05) is 31.2 Å². The van der Waals surface area contributed by atoms with Crippen molar-refractivity contribution in [3.63, 3.8) is 0 Å². The van der Waals surface area contributed by atoms with Gasteiger partial charge in [-0.15, -0.1) is 0 Å². The Kier molecular flexibility index (Phi) is 5.36. The number of nitrogens with zero attached hydrogens (tertiary/aromatic N) is 3. The number of hydrogen-bond acceptors (Lipinski definition) is 4. The molecule has 0 spiro atoms. The monoisotopic (exact) mass is 384 g/mol. The molecule has 1 aliphatic heterocycles. The van der Waals surface area contributed by atoms with Crippen LogP contribution in [0.4, 0.5) is 8.78 Å². The maximum atomic E-state index is 13.5. The fourth-order valence-corrected chi connectivity index (χ4v) is 3.23. The number of benzene rings is 1. The van der Waals surface area contributed by atoms with Gasteiger partial charge in [-0.3, -0.25) is 14.6 Å². The van der Waals surface area contributed by atoms with Crippen molar-refractivity contribution in [3.8, 4) is 17.2 Å². The molecule has 0 unspecified atom stereocenters.